The predicted octanol–water partition coefficient (Wildman–Crippen LogP) is 3.05. The van der Waals surface area contributed by atoms with Gasteiger partial charge in [0.15, 0.2) is 5.78 Å². The Hall–Kier alpha value is -2.01. The largest absolute Gasteiger partial charge is 0.496 e. The zero-order chi connectivity index (χ0) is 14.5. The van der Waals surface area contributed by atoms with Crippen molar-refractivity contribution in [2.45, 2.75) is 4.90 Å². The fourth-order valence-corrected chi connectivity index (χ4v) is 2.32. The molecule has 2 rings (SSSR count). The minimum Gasteiger partial charge on any atom is -0.496 e. The molecule has 1 heterocycles. The molecule has 0 aliphatic rings. The van der Waals surface area contributed by atoms with Crippen LogP contribution in [0.3, 0.4) is 0 Å². The molecule has 0 saturated heterocycles. The zero-order valence-electron chi connectivity index (χ0n) is 11.7. The number of ketones is 1. The third-order valence-electron chi connectivity index (χ3n) is 2.82. The number of hydrogen-bond acceptors (Lipinski definition) is 4. The van der Waals surface area contributed by atoms with E-state index in [0.29, 0.717) is 5.56 Å². The highest BCUT2D eigenvalue weighted by atomic mass is 32.2. The first kappa shape index (κ1) is 14.4. The zero-order valence-corrected chi connectivity index (χ0v) is 12.5. The summed E-state index contributed by atoms with van der Waals surface area (Å²) in [6.45, 7) is 0. The Morgan fingerprint density at radius 1 is 1.45 bits per heavy atom. The van der Waals surface area contributed by atoms with Gasteiger partial charge in [0.25, 0.3) is 0 Å². The lowest BCUT2D eigenvalue weighted by Crippen LogP contribution is -1.92. The van der Waals surface area contributed by atoms with Crippen molar-refractivity contribution in [2.75, 3.05) is 13.4 Å². The maximum absolute atomic E-state index is 11.9. The molecule has 5 heteroatoms. The summed E-state index contributed by atoms with van der Waals surface area (Å²) in [7, 11) is 3.43. The van der Waals surface area contributed by atoms with E-state index in [-0.39, 0.29) is 5.78 Å². The number of ether oxygens (including phenoxy) is 1. The molecule has 104 valence electrons. The average molecular weight is 288 g/mol. The van der Waals surface area contributed by atoms with E-state index in [2.05, 4.69) is 5.10 Å². The first-order chi connectivity index (χ1) is 9.63. The van der Waals surface area contributed by atoms with Gasteiger partial charge in [0.05, 0.1) is 18.9 Å². The van der Waals surface area contributed by atoms with E-state index in [4.69, 9.17) is 4.74 Å². The SMILES string of the molecule is COc1cc(C=CC(=O)c2cnn(C)c2)ccc1SC. The van der Waals surface area contributed by atoms with Gasteiger partial charge in [-0.25, -0.2) is 0 Å². The first-order valence-corrected chi connectivity index (χ1v) is 7.29. The molecule has 0 bridgehead atoms. The second kappa shape index (κ2) is 6.43. The average Bonchev–Trinajstić information content (AvgIpc) is 2.91. The molecular formula is C15H16N2O2S. The molecule has 0 aliphatic carbocycles. The van der Waals surface area contributed by atoms with Crippen LogP contribution in [0, 0.1) is 0 Å². The van der Waals surface area contributed by atoms with Crippen molar-refractivity contribution in [3.63, 3.8) is 0 Å². The summed E-state index contributed by atoms with van der Waals surface area (Å²) in [5, 5.41) is 3.98. The van der Waals surface area contributed by atoms with Gasteiger partial charge in [-0.3, -0.25) is 9.48 Å². The van der Waals surface area contributed by atoms with E-state index in [1.807, 2.05) is 24.5 Å². The summed E-state index contributed by atoms with van der Waals surface area (Å²) >= 11 is 1.63. The number of allylic oxidation sites excluding steroid dienone is 1. The van der Waals surface area contributed by atoms with Gasteiger partial charge in [0.2, 0.25) is 0 Å². The van der Waals surface area contributed by atoms with Crippen LogP contribution in [0.4, 0.5) is 0 Å². The van der Waals surface area contributed by atoms with Crippen molar-refractivity contribution in [2.24, 2.45) is 7.05 Å². The van der Waals surface area contributed by atoms with Crippen molar-refractivity contribution >= 4 is 23.6 Å². The maximum atomic E-state index is 11.9. The number of carbonyl (C=O) groups is 1. The number of hydrogen-bond donors (Lipinski definition) is 0. The van der Waals surface area contributed by atoms with Crippen LogP contribution in [0.5, 0.6) is 5.75 Å². The first-order valence-electron chi connectivity index (χ1n) is 6.07. The van der Waals surface area contributed by atoms with Gasteiger partial charge in [-0.05, 0) is 30.0 Å². The van der Waals surface area contributed by atoms with Crippen molar-refractivity contribution in [1.29, 1.82) is 0 Å². The van der Waals surface area contributed by atoms with Crippen molar-refractivity contribution in [3.05, 3.63) is 47.8 Å². The minimum atomic E-state index is -0.0639. The highest BCUT2D eigenvalue weighted by Crippen LogP contribution is 2.28. The van der Waals surface area contributed by atoms with Crippen LogP contribution in [-0.4, -0.2) is 28.9 Å². The van der Waals surface area contributed by atoms with Crippen LogP contribution >= 0.6 is 11.8 Å². The fraction of sp³-hybridized carbons (Fsp3) is 0.200. The van der Waals surface area contributed by atoms with Crippen molar-refractivity contribution in [3.8, 4) is 5.75 Å². The van der Waals surface area contributed by atoms with E-state index in [9.17, 15) is 4.79 Å². The van der Waals surface area contributed by atoms with Crippen LogP contribution < -0.4 is 4.74 Å². The number of aromatic nitrogens is 2. The van der Waals surface area contributed by atoms with E-state index in [0.717, 1.165) is 16.2 Å². The van der Waals surface area contributed by atoms with Crippen LogP contribution in [0.25, 0.3) is 6.08 Å². The third-order valence-corrected chi connectivity index (χ3v) is 3.60. The highest BCUT2D eigenvalue weighted by Gasteiger charge is 2.05. The third kappa shape index (κ3) is 3.30. The lowest BCUT2D eigenvalue weighted by Gasteiger charge is -2.06. The number of carbonyl (C=O) groups excluding carboxylic acids is 1. The standard InChI is InChI=1S/C15H16N2O2S/c1-17-10-12(9-16-17)13(18)6-4-11-5-7-15(20-3)14(8-11)19-2/h4-10H,1-3H3. The lowest BCUT2D eigenvalue weighted by atomic mass is 10.1. The monoisotopic (exact) mass is 288 g/mol. The summed E-state index contributed by atoms with van der Waals surface area (Å²) in [5.41, 5.74) is 1.51. The van der Waals surface area contributed by atoms with Gasteiger partial charge in [0, 0.05) is 18.1 Å². The van der Waals surface area contributed by atoms with Crippen molar-refractivity contribution in [1.82, 2.24) is 9.78 Å². The molecular weight excluding hydrogens is 272 g/mol. The molecule has 4 nitrogen and oxygen atoms in total. The summed E-state index contributed by atoms with van der Waals surface area (Å²) < 4.78 is 6.93. The molecule has 0 spiro atoms. The number of thioether (sulfide) groups is 1. The van der Waals surface area contributed by atoms with Gasteiger partial charge >= 0.3 is 0 Å². The second-order valence-electron chi connectivity index (χ2n) is 4.21. The molecule has 0 fully saturated rings. The normalized spacial score (nSPS) is 10.9. The number of rotatable bonds is 5. The predicted molar refractivity (Wildman–Crippen MR) is 81.3 cm³/mol. The van der Waals surface area contributed by atoms with E-state index >= 15 is 0 Å². The van der Waals surface area contributed by atoms with Crippen LogP contribution in [0.1, 0.15) is 15.9 Å². The van der Waals surface area contributed by atoms with E-state index in [1.54, 1.807) is 55.1 Å². The summed E-state index contributed by atoms with van der Waals surface area (Å²) in [4.78, 5) is 13.0. The molecule has 0 amide bonds. The molecule has 0 aliphatic heterocycles. The summed E-state index contributed by atoms with van der Waals surface area (Å²) in [5.74, 6) is 0.750. The van der Waals surface area contributed by atoms with Crippen LogP contribution in [0.2, 0.25) is 0 Å². The van der Waals surface area contributed by atoms with E-state index in [1.165, 1.54) is 0 Å². The van der Waals surface area contributed by atoms with Crippen molar-refractivity contribution < 1.29 is 9.53 Å². The van der Waals surface area contributed by atoms with Crippen LogP contribution in [0.15, 0.2) is 41.6 Å². The van der Waals surface area contributed by atoms with Gasteiger partial charge in [-0.2, -0.15) is 5.10 Å². The Morgan fingerprint density at radius 3 is 2.85 bits per heavy atom. The topological polar surface area (TPSA) is 44.1 Å². The molecule has 20 heavy (non-hydrogen) atoms. The molecule has 0 atom stereocenters. The minimum absolute atomic E-state index is 0.0639. The number of benzene rings is 1. The van der Waals surface area contributed by atoms with Gasteiger partial charge in [0.1, 0.15) is 5.75 Å². The van der Waals surface area contributed by atoms with Gasteiger partial charge in [-0.1, -0.05) is 12.1 Å². The molecule has 0 N–H and O–H groups in total. The molecule has 2 aromatic rings. The lowest BCUT2D eigenvalue weighted by molar-refractivity contribution is 0.104. The number of aryl methyl sites for hydroxylation is 1. The van der Waals surface area contributed by atoms with Gasteiger partial charge < -0.3 is 4.74 Å². The number of methoxy groups -OCH3 is 1. The fourth-order valence-electron chi connectivity index (χ4n) is 1.77. The molecule has 0 saturated carbocycles. The smallest absolute Gasteiger partial charge is 0.189 e. The Labute approximate surface area is 122 Å². The molecule has 0 unspecified atom stereocenters. The Morgan fingerprint density at radius 2 is 2.25 bits per heavy atom. The second-order valence-corrected chi connectivity index (χ2v) is 5.06. The summed E-state index contributed by atoms with van der Waals surface area (Å²) in [6, 6.07) is 5.86. The molecule has 0 radical (unpaired) electrons. The summed E-state index contributed by atoms with van der Waals surface area (Å²) in [6.07, 6.45) is 8.58. The van der Waals surface area contributed by atoms with Gasteiger partial charge in [-0.15, -0.1) is 11.8 Å². The maximum Gasteiger partial charge on any atom is 0.189 e. The van der Waals surface area contributed by atoms with E-state index < -0.39 is 0 Å². The highest BCUT2D eigenvalue weighted by molar-refractivity contribution is 7.98. The quantitative estimate of drug-likeness (QED) is 0.482. The molecule has 1 aromatic heterocycles. The molecule has 1 aromatic carbocycles. The Balaban J connectivity index is 2.17. The number of nitrogens with zero attached hydrogens (tertiary/aromatic N) is 2. The van der Waals surface area contributed by atoms with Crippen LogP contribution in [-0.2, 0) is 7.05 Å². The Kier molecular flexibility index (Phi) is 4.63. The Bertz CT molecular complexity index is 647.